The maximum absolute atomic E-state index is 14.0. The van der Waals surface area contributed by atoms with Gasteiger partial charge < -0.3 is 10.4 Å². The molecule has 0 saturated heterocycles. The Bertz CT molecular complexity index is 697. The molecule has 0 radical (unpaired) electrons. The Hall–Kier alpha value is -2.43. The van der Waals surface area contributed by atoms with Crippen LogP contribution in [0, 0.1) is 17.6 Å². The van der Waals surface area contributed by atoms with Crippen molar-refractivity contribution in [3.8, 4) is 5.75 Å². The maximum Gasteiger partial charge on any atom is 0.227 e. The fourth-order valence-corrected chi connectivity index (χ4v) is 2.17. The number of rotatable bonds is 5. The number of carbonyl (C=O) groups is 1. The standard InChI is InChI=1S/C18H19F2NO2/c1-11(2)18(23)21-17-13(9-14(19)10-16(17)20)6-3-12-4-7-15(22)8-5-12/h4-5,7-11,22H,3,6H2,1-2H3,(H,21,23). The van der Waals surface area contributed by atoms with Crippen LogP contribution in [0.5, 0.6) is 5.75 Å². The third kappa shape index (κ3) is 4.52. The number of hydrogen-bond acceptors (Lipinski definition) is 2. The second-order valence-electron chi connectivity index (χ2n) is 5.73. The fraction of sp³-hybridized carbons (Fsp3) is 0.278. The van der Waals surface area contributed by atoms with Crippen molar-refractivity contribution in [3.05, 3.63) is 59.2 Å². The SMILES string of the molecule is CC(C)C(=O)Nc1c(F)cc(F)cc1CCc1ccc(O)cc1. The van der Waals surface area contributed by atoms with Gasteiger partial charge in [0.2, 0.25) is 5.91 Å². The molecule has 0 aliphatic rings. The van der Waals surface area contributed by atoms with Gasteiger partial charge in [0.15, 0.2) is 0 Å². The van der Waals surface area contributed by atoms with E-state index in [0.29, 0.717) is 18.4 Å². The second kappa shape index (κ2) is 7.22. The number of anilines is 1. The van der Waals surface area contributed by atoms with Crippen molar-refractivity contribution in [2.45, 2.75) is 26.7 Å². The minimum atomic E-state index is -0.778. The summed E-state index contributed by atoms with van der Waals surface area (Å²) in [5.74, 6) is -1.91. The first-order valence-electron chi connectivity index (χ1n) is 7.43. The lowest BCUT2D eigenvalue weighted by Crippen LogP contribution is -2.20. The van der Waals surface area contributed by atoms with Crippen molar-refractivity contribution in [2.75, 3.05) is 5.32 Å². The molecule has 0 unspecified atom stereocenters. The lowest BCUT2D eigenvalue weighted by molar-refractivity contribution is -0.118. The Labute approximate surface area is 134 Å². The van der Waals surface area contributed by atoms with E-state index in [-0.39, 0.29) is 23.3 Å². The van der Waals surface area contributed by atoms with Gasteiger partial charge in [0.25, 0.3) is 0 Å². The van der Waals surface area contributed by atoms with E-state index in [4.69, 9.17) is 0 Å². The van der Waals surface area contributed by atoms with Crippen molar-refractivity contribution >= 4 is 11.6 Å². The molecule has 2 N–H and O–H groups in total. The van der Waals surface area contributed by atoms with Crippen LogP contribution in [0.2, 0.25) is 0 Å². The molecule has 0 aromatic heterocycles. The number of hydrogen-bond donors (Lipinski definition) is 2. The zero-order valence-electron chi connectivity index (χ0n) is 13.1. The molecule has 0 aliphatic heterocycles. The van der Waals surface area contributed by atoms with E-state index in [9.17, 15) is 18.7 Å². The van der Waals surface area contributed by atoms with Gasteiger partial charge in [-0.05, 0) is 42.2 Å². The number of amides is 1. The van der Waals surface area contributed by atoms with Crippen LogP contribution >= 0.6 is 0 Å². The molecule has 0 saturated carbocycles. The molecule has 122 valence electrons. The minimum Gasteiger partial charge on any atom is -0.508 e. The lowest BCUT2D eigenvalue weighted by atomic mass is 10.0. The summed E-state index contributed by atoms with van der Waals surface area (Å²) in [5.41, 5.74) is 1.36. The van der Waals surface area contributed by atoms with E-state index in [2.05, 4.69) is 5.32 Å². The summed E-state index contributed by atoms with van der Waals surface area (Å²) in [4.78, 5) is 11.8. The van der Waals surface area contributed by atoms with Gasteiger partial charge in [0.1, 0.15) is 17.4 Å². The van der Waals surface area contributed by atoms with E-state index < -0.39 is 11.6 Å². The number of halogens is 2. The van der Waals surface area contributed by atoms with E-state index in [0.717, 1.165) is 11.6 Å². The van der Waals surface area contributed by atoms with Crippen LogP contribution in [0.1, 0.15) is 25.0 Å². The number of aryl methyl sites for hydroxylation is 2. The quantitative estimate of drug-likeness (QED) is 0.873. The summed E-state index contributed by atoms with van der Waals surface area (Å²) in [5, 5.41) is 11.8. The molecule has 0 heterocycles. The monoisotopic (exact) mass is 319 g/mol. The molecule has 0 spiro atoms. The van der Waals surface area contributed by atoms with Crippen LogP contribution in [-0.4, -0.2) is 11.0 Å². The van der Waals surface area contributed by atoms with Gasteiger partial charge in [-0.15, -0.1) is 0 Å². The topological polar surface area (TPSA) is 49.3 Å². The van der Waals surface area contributed by atoms with Crippen LogP contribution < -0.4 is 5.32 Å². The Morgan fingerprint density at radius 2 is 1.78 bits per heavy atom. The first-order chi connectivity index (χ1) is 10.9. The highest BCUT2D eigenvalue weighted by Gasteiger charge is 2.16. The van der Waals surface area contributed by atoms with Crippen LogP contribution in [-0.2, 0) is 17.6 Å². The Kier molecular flexibility index (Phi) is 5.32. The number of benzene rings is 2. The van der Waals surface area contributed by atoms with Crippen molar-refractivity contribution in [3.63, 3.8) is 0 Å². The number of carbonyl (C=O) groups excluding carboxylic acids is 1. The average molecular weight is 319 g/mol. The molecule has 0 bridgehead atoms. The fourth-order valence-electron chi connectivity index (χ4n) is 2.17. The van der Waals surface area contributed by atoms with Gasteiger partial charge in [0, 0.05) is 12.0 Å². The third-order valence-electron chi connectivity index (χ3n) is 3.53. The molecule has 2 rings (SSSR count). The van der Waals surface area contributed by atoms with Crippen molar-refractivity contribution in [2.24, 2.45) is 5.92 Å². The number of nitrogens with one attached hydrogen (secondary N) is 1. The van der Waals surface area contributed by atoms with Gasteiger partial charge in [-0.1, -0.05) is 26.0 Å². The molecule has 0 atom stereocenters. The maximum atomic E-state index is 14.0. The Balaban J connectivity index is 2.22. The highest BCUT2D eigenvalue weighted by molar-refractivity contribution is 5.93. The van der Waals surface area contributed by atoms with Crippen LogP contribution in [0.25, 0.3) is 0 Å². The summed E-state index contributed by atoms with van der Waals surface area (Å²) in [6.45, 7) is 3.40. The highest BCUT2D eigenvalue weighted by Crippen LogP contribution is 2.24. The van der Waals surface area contributed by atoms with Crippen LogP contribution in [0.3, 0.4) is 0 Å². The summed E-state index contributed by atoms with van der Waals surface area (Å²) >= 11 is 0. The normalized spacial score (nSPS) is 10.8. The minimum absolute atomic E-state index is 0.0314. The van der Waals surface area contributed by atoms with Gasteiger partial charge >= 0.3 is 0 Å². The first kappa shape index (κ1) is 16.9. The molecule has 2 aromatic rings. The highest BCUT2D eigenvalue weighted by atomic mass is 19.1. The average Bonchev–Trinajstić information content (AvgIpc) is 2.49. The van der Waals surface area contributed by atoms with E-state index in [1.165, 1.54) is 6.07 Å². The van der Waals surface area contributed by atoms with Gasteiger partial charge in [-0.2, -0.15) is 0 Å². The van der Waals surface area contributed by atoms with Gasteiger partial charge in [-0.3, -0.25) is 4.79 Å². The molecule has 0 fully saturated rings. The molecule has 5 heteroatoms. The summed E-state index contributed by atoms with van der Waals surface area (Å²) in [6, 6.07) is 8.61. The molecule has 2 aromatic carbocycles. The van der Waals surface area contributed by atoms with E-state index in [1.807, 2.05) is 0 Å². The van der Waals surface area contributed by atoms with Crippen LogP contribution in [0.15, 0.2) is 36.4 Å². The molecule has 0 aliphatic carbocycles. The van der Waals surface area contributed by atoms with Crippen LogP contribution in [0.4, 0.5) is 14.5 Å². The second-order valence-corrected chi connectivity index (χ2v) is 5.73. The lowest BCUT2D eigenvalue weighted by Gasteiger charge is -2.14. The van der Waals surface area contributed by atoms with E-state index in [1.54, 1.807) is 38.1 Å². The first-order valence-corrected chi connectivity index (χ1v) is 7.43. The summed E-state index contributed by atoms with van der Waals surface area (Å²) in [6.07, 6.45) is 0.904. The molecule has 23 heavy (non-hydrogen) atoms. The predicted molar refractivity (Wildman–Crippen MR) is 85.3 cm³/mol. The van der Waals surface area contributed by atoms with Crippen molar-refractivity contribution in [1.82, 2.24) is 0 Å². The zero-order chi connectivity index (χ0) is 17.0. The Morgan fingerprint density at radius 1 is 1.13 bits per heavy atom. The molecule has 3 nitrogen and oxygen atoms in total. The summed E-state index contributed by atoms with van der Waals surface area (Å²) in [7, 11) is 0. The Morgan fingerprint density at radius 3 is 2.39 bits per heavy atom. The van der Waals surface area contributed by atoms with E-state index >= 15 is 0 Å². The summed E-state index contributed by atoms with van der Waals surface area (Å²) < 4.78 is 27.5. The predicted octanol–water partition coefficient (Wildman–Crippen LogP) is 4.05. The zero-order valence-corrected chi connectivity index (χ0v) is 13.1. The number of phenolic OH excluding ortho intramolecular Hbond substituents is 1. The van der Waals surface area contributed by atoms with Crippen molar-refractivity contribution < 1.29 is 18.7 Å². The molecule has 1 amide bonds. The smallest absolute Gasteiger partial charge is 0.227 e. The van der Waals surface area contributed by atoms with Crippen molar-refractivity contribution in [1.29, 1.82) is 0 Å². The molecular formula is C18H19F2NO2. The number of phenols is 1. The van der Waals surface area contributed by atoms with Gasteiger partial charge in [0.05, 0.1) is 5.69 Å². The number of aromatic hydroxyl groups is 1. The third-order valence-corrected chi connectivity index (χ3v) is 3.53. The van der Waals surface area contributed by atoms with Gasteiger partial charge in [-0.25, -0.2) is 8.78 Å². The largest absolute Gasteiger partial charge is 0.508 e. The molecular weight excluding hydrogens is 300 g/mol.